The first-order valence-electron chi connectivity index (χ1n) is 6.05. The van der Waals surface area contributed by atoms with Crippen molar-refractivity contribution in [3.63, 3.8) is 0 Å². The average Bonchev–Trinajstić information content (AvgIpc) is 2.47. The molecule has 2 aromatic carbocycles. The van der Waals surface area contributed by atoms with Crippen LogP contribution in [0.25, 0.3) is 0 Å². The predicted molar refractivity (Wildman–Crippen MR) is 85.9 cm³/mol. The third-order valence-corrected chi connectivity index (χ3v) is 3.53. The van der Waals surface area contributed by atoms with Crippen LogP contribution in [0.4, 0.5) is 8.78 Å². The molecule has 0 heterocycles. The van der Waals surface area contributed by atoms with Crippen LogP contribution in [0.2, 0.25) is 0 Å². The molecule has 0 atom stereocenters. The molecule has 21 heavy (non-hydrogen) atoms. The van der Waals surface area contributed by atoms with Gasteiger partial charge in [0, 0.05) is 10.0 Å². The van der Waals surface area contributed by atoms with Crippen LogP contribution >= 0.6 is 28.1 Å². The number of benzene rings is 2. The number of nitrogens with two attached hydrogens (primary N) is 1. The molecule has 2 rings (SSSR count). The molecule has 0 spiro atoms. The van der Waals surface area contributed by atoms with E-state index in [0.717, 1.165) is 4.47 Å². The molecule has 0 saturated carbocycles. The van der Waals surface area contributed by atoms with Gasteiger partial charge in [-0.2, -0.15) is 8.78 Å². The summed E-state index contributed by atoms with van der Waals surface area (Å²) in [5, 5.41) is 0. The van der Waals surface area contributed by atoms with Gasteiger partial charge in [0.2, 0.25) is 0 Å². The summed E-state index contributed by atoms with van der Waals surface area (Å²) in [5.41, 5.74) is 5.90. The lowest BCUT2D eigenvalue weighted by atomic mass is 10.1. The molecule has 0 unspecified atom stereocenters. The summed E-state index contributed by atoms with van der Waals surface area (Å²) < 4.78 is 34.1. The molecule has 0 aliphatic rings. The van der Waals surface area contributed by atoms with Gasteiger partial charge in [-0.25, -0.2) is 0 Å². The van der Waals surface area contributed by atoms with Crippen molar-refractivity contribution < 1.29 is 13.5 Å². The van der Waals surface area contributed by atoms with Crippen molar-refractivity contribution in [2.75, 3.05) is 6.61 Å². The lowest BCUT2D eigenvalue weighted by Gasteiger charge is -2.18. The van der Waals surface area contributed by atoms with Crippen LogP contribution in [0, 0.1) is 0 Å². The molecule has 0 aliphatic carbocycles. The van der Waals surface area contributed by atoms with Gasteiger partial charge in [-0.1, -0.05) is 58.5 Å². The van der Waals surface area contributed by atoms with Crippen LogP contribution in [0.15, 0.2) is 53.0 Å². The van der Waals surface area contributed by atoms with Crippen molar-refractivity contribution >= 4 is 33.1 Å². The molecule has 2 nitrogen and oxygen atoms in total. The highest BCUT2D eigenvalue weighted by molar-refractivity contribution is 9.10. The first-order chi connectivity index (χ1) is 9.90. The Morgan fingerprint density at radius 1 is 1.19 bits per heavy atom. The van der Waals surface area contributed by atoms with Crippen molar-refractivity contribution in [1.82, 2.24) is 0 Å². The zero-order valence-electron chi connectivity index (χ0n) is 10.9. The first-order valence-corrected chi connectivity index (χ1v) is 7.26. The van der Waals surface area contributed by atoms with Gasteiger partial charge < -0.3 is 10.5 Å². The molecule has 2 aromatic rings. The second kappa shape index (κ2) is 6.49. The first kappa shape index (κ1) is 15.9. The quantitative estimate of drug-likeness (QED) is 0.797. The molecule has 0 aromatic heterocycles. The third-order valence-electron chi connectivity index (χ3n) is 2.81. The van der Waals surface area contributed by atoms with Gasteiger partial charge in [0.15, 0.2) is 6.61 Å². The molecular weight excluding hydrogens is 360 g/mol. The Kier molecular flexibility index (Phi) is 4.90. The Hall–Kier alpha value is -1.53. The highest BCUT2D eigenvalue weighted by atomic mass is 79.9. The number of thiocarbonyl (C=S) groups is 1. The number of halogens is 3. The summed E-state index contributed by atoms with van der Waals surface area (Å²) in [5.74, 6) is -2.86. The van der Waals surface area contributed by atoms with Gasteiger partial charge in [0.25, 0.3) is 0 Å². The van der Waals surface area contributed by atoms with E-state index < -0.39 is 12.5 Å². The van der Waals surface area contributed by atoms with Gasteiger partial charge in [0.1, 0.15) is 10.7 Å². The zero-order valence-corrected chi connectivity index (χ0v) is 13.3. The normalized spacial score (nSPS) is 11.2. The van der Waals surface area contributed by atoms with Crippen LogP contribution < -0.4 is 10.5 Å². The molecule has 6 heteroatoms. The van der Waals surface area contributed by atoms with Crippen molar-refractivity contribution in [2.24, 2.45) is 5.73 Å². The maximum Gasteiger partial charge on any atom is 0.306 e. The largest absolute Gasteiger partial charge is 0.486 e. The summed E-state index contributed by atoms with van der Waals surface area (Å²) in [7, 11) is 0. The van der Waals surface area contributed by atoms with E-state index >= 15 is 0 Å². The lowest BCUT2D eigenvalue weighted by molar-refractivity contribution is -0.0467. The Morgan fingerprint density at radius 2 is 1.86 bits per heavy atom. The van der Waals surface area contributed by atoms with E-state index in [1.54, 1.807) is 36.4 Å². The maximum atomic E-state index is 14.1. The molecule has 0 amide bonds. The fraction of sp³-hybridized carbons (Fsp3) is 0.133. The summed E-state index contributed by atoms with van der Waals surface area (Å²) in [6.45, 7) is -0.783. The summed E-state index contributed by atoms with van der Waals surface area (Å²) in [6.07, 6.45) is 0. The van der Waals surface area contributed by atoms with Gasteiger partial charge in [-0.3, -0.25) is 0 Å². The standard InChI is InChI=1S/C15H12BrF2NOS/c16-11-6-7-13(12(8-11)14(19)21)20-9-15(17,18)10-4-2-1-3-5-10/h1-8H,9H2,(H2,19,21). The van der Waals surface area contributed by atoms with Crippen LogP contribution in [0.3, 0.4) is 0 Å². The van der Waals surface area contributed by atoms with E-state index in [2.05, 4.69) is 15.9 Å². The van der Waals surface area contributed by atoms with Gasteiger partial charge >= 0.3 is 5.92 Å². The fourth-order valence-corrected chi connectivity index (χ4v) is 2.27. The van der Waals surface area contributed by atoms with Crippen molar-refractivity contribution in [1.29, 1.82) is 0 Å². The van der Waals surface area contributed by atoms with Crippen molar-refractivity contribution in [3.8, 4) is 5.75 Å². The SMILES string of the molecule is NC(=S)c1cc(Br)ccc1OCC(F)(F)c1ccccc1. The van der Waals surface area contributed by atoms with Crippen LogP contribution in [0.1, 0.15) is 11.1 Å². The smallest absolute Gasteiger partial charge is 0.306 e. The Morgan fingerprint density at radius 3 is 2.48 bits per heavy atom. The number of rotatable bonds is 5. The minimum absolute atomic E-state index is 0.0920. The predicted octanol–water partition coefficient (Wildman–Crippen LogP) is 4.25. The van der Waals surface area contributed by atoms with E-state index in [0.29, 0.717) is 5.56 Å². The van der Waals surface area contributed by atoms with E-state index in [-0.39, 0.29) is 16.3 Å². The Labute approximate surface area is 135 Å². The average molecular weight is 372 g/mol. The zero-order chi connectivity index (χ0) is 15.5. The van der Waals surface area contributed by atoms with Crippen LogP contribution in [-0.2, 0) is 5.92 Å². The number of ether oxygens (including phenoxy) is 1. The van der Waals surface area contributed by atoms with E-state index in [9.17, 15) is 8.78 Å². The molecule has 110 valence electrons. The monoisotopic (exact) mass is 371 g/mol. The minimum Gasteiger partial charge on any atom is -0.486 e. The molecular formula is C15H12BrF2NOS. The van der Waals surface area contributed by atoms with E-state index in [1.807, 2.05) is 0 Å². The number of hydrogen-bond acceptors (Lipinski definition) is 2. The number of alkyl halides is 2. The topological polar surface area (TPSA) is 35.2 Å². The highest BCUT2D eigenvalue weighted by Crippen LogP contribution is 2.30. The maximum absolute atomic E-state index is 14.1. The second-order valence-electron chi connectivity index (χ2n) is 4.36. The summed E-state index contributed by atoms with van der Waals surface area (Å²) in [6, 6.07) is 12.4. The fourth-order valence-electron chi connectivity index (χ4n) is 1.75. The molecule has 0 saturated heterocycles. The van der Waals surface area contributed by atoms with E-state index in [4.69, 9.17) is 22.7 Å². The van der Waals surface area contributed by atoms with Crippen LogP contribution in [0.5, 0.6) is 5.75 Å². The molecule has 0 bridgehead atoms. The molecule has 0 radical (unpaired) electrons. The van der Waals surface area contributed by atoms with Crippen LogP contribution in [-0.4, -0.2) is 11.6 Å². The second-order valence-corrected chi connectivity index (χ2v) is 5.72. The Bertz CT molecular complexity index is 649. The Balaban J connectivity index is 2.18. The van der Waals surface area contributed by atoms with Crippen molar-refractivity contribution in [2.45, 2.75) is 5.92 Å². The third kappa shape index (κ3) is 3.98. The highest BCUT2D eigenvalue weighted by Gasteiger charge is 2.32. The summed E-state index contributed by atoms with van der Waals surface area (Å²) >= 11 is 8.17. The van der Waals surface area contributed by atoms with Gasteiger partial charge in [-0.15, -0.1) is 0 Å². The molecule has 0 aliphatic heterocycles. The van der Waals surface area contributed by atoms with E-state index in [1.165, 1.54) is 12.1 Å². The molecule has 2 N–H and O–H groups in total. The van der Waals surface area contributed by atoms with Gasteiger partial charge in [0.05, 0.1) is 5.56 Å². The number of hydrogen-bond donors (Lipinski definition) is 1. The molecule has 0 fully saturated rings. The lowest BCUT2D eigenvalue weighted by Crippen LogP contribution is -2.24. The summed E-state index contributed by atoms with van der Waals surface area (Å²) in [4.78, 5) is 0.0920. The minimum atomic E-state index is -3.10. The van der Waals surface area contributed by atoms with Crippen molar-refractivity contribution in [3.05, 3.63) is 64.1 Å². The van der Waals surface area contributed by atoms with Gasteiger partial charge in [-0.05, 0) is 18.2 Å².